The third-order valence-corrected chi connectivity index (χ3v) is 3.27. The molecule has 0 spiro atoms. The molecule has 0 amide bonds. The lowest BCUT2D eigenvalue weighted by Crippen LogP contribution is -2.21. The van der Waals surface area contributed by atoms with Gasteiger partial charge in [0.15, 0.2) is 0 Å². The lowest BCUT2D eigenvalue weighted by molar-refractivity contribution is 0.111. The number of primary sulfonamides is 1. The molecule has 5 nitrogen and oxygen atoms in total. The minimum Gasteiger partial charge on any atom is -0.491 e. The summed E-state index contributed by atoms with van der Waals surface area (Å²) in [7, 11) is -3.45. The maximum absolute atomic E-state index is 10.7. The smallest absolute Gasteiger partial charge is 0.211 e. The molecule has 0 bridgehead atoms. The van der Waals surface area contributed by atoms with Crippen LogP contribution in [-0.4, -0.2) is 34.0 Å². The Morgan fingerprint density at radius 3 is 2.47 bits per heavy atom. The monoisotopic (exact) mass is 287 g/mol. The summed E-state index contributed by atoms with van der Waals surface area (Å²) in [6.45, 7) is 5.01. The van der Waals surface area contributed by atoms with Crippen LogP contribution in [0, 0.1) is 0 Å². The molecule has 0 atom stereocenters. The number of para-hydroxylation sites is 1. The first-order valence-corrected chi connectivity index (χ1v) is 7.91. The molecule has 108 valence electrons. The molecule has 0 saturated heterocycles. The highest BCUT2D eigenvalue weighted by atomic mass is 32.2. The lowest BCUT2D eigenvalue weighted by atomic mass is 10.0. The standard InChI is InChI=1S/C13H21NO4S/c1-11(2)12-5-3-4-6-13(12)18-8-7-17-9-10-19(14,15)16/h3-6,11H,7-10H2,1-2H3,(H2,14,15,16). The van der Waals surface area contributed by atoms with Gasteiger partial charge in [-0.1, -0.05) is 32.0 Å². The van der Waals surface area contributed by atoms with Gasteiger partial charge in [0.2, 0.25) is 10.0 Å². The minimum absolute atomic E-state index is 0.0913. The van der Waals surface area contributed by atoms with Crippen LogP contribution in [0.5, 0.6) is 5.75 Å². The normalized spacial score (nSPS) is 11.8. The Balaban J connectivity index is 2.30. The molecule has 0 aliphatic rings. The molecule has 0 saturated carbocycles. The summed E-state index contributed by atoms with van der Waals surface area (Å²) in [5.41, 5.74) is 1.15. The number of benzene rings is 1. The molecule has 1 aromatic carbocycles. The Hall–Kier alpha value is -1.11. The molecule has 0 aromatic heterocycles. The van der Waals surface area contributed by atoms with Crippen molar-refractivity contribution >= 4 is 10.0 Å². The Bertz CT molecular complexity index is 485. The van der Waals surface area contributed by atoms with Crippen LogP contribution < -0.4 is 9.88 Å². The van der Waals surface area contributed by atoms with Crippen molar-refractivity contribution in [2.24, 2.45) is 5.14 Å². The average molecular weight is 287 g/mol. The predicted octanol–water partition coefficient (Wildman–Crippen LogP) is 1.49. The summed E-state index contributed by atoms with van der Waals surface area (Å²) in [5.74, 6) is 1.06. The van der Waals surface area contributed by atoms with Gasteiger partial charge in [-0.15, -0.1) is 0 Å². The van der Waals surface area contributed by atoms with Gasteiger partial charge in [-0.25, -0.2) is 13.6 Å². The van der Waals surface area contributed by atoms with Crippen molar-refractivity contribution in [1.29, 1.82) is 0 Å². The van der Waals surface area contributed by atoms with Crippen molar-refractivity contribution in [3.8, 4) is 5.75 Å². The Kier molecular flexibility index (Phi) is 6.27. The third-order valence-electron chi connectivity index (χ3n) is 2.54. The van der Waals surface area contributed by atoms with E-state index in [1.54, 1.807) is 0 Å². The van der Waals surface area contributed by atoms with E-state index in [-0.39, 0.29) is 12.4 Å². The zero-order valence-electron chi connectivity index (χ0n) is 11.3. The van der Waals surface area contributed by atoms with Crippen LogP contribution in [0.1, 0.15) is 25.3 Å². The SMILES string of the molecule is CC(C)c1ccccc1OCCOCCS(N)(=O)=O. The summed E-state index contributed by atoms with van der Waals surface area (Å²) in [5, 5.41) is 4.86. The number of hydrogen-bond acceptors (Lipinski definition) is 4. The molecular weight excluding hydrogens is 266 g/mol. The molecule has 0 radical (unpaired) electrons. The van der Waals surface area contributed by atoms with Gasteiger partial charge in [-0.05, 0) is 17.5 Å². The first kappa shape index (κ1) is 15.9. The van der Waals surface area contributed by atoms with E-state index in [1.807, 2.05) is 24.3 Å². The fraction of sp³-hybridized carbons (Fsp3) is 0.538. The van der Waals surface area contributed by atoms with E-state index in [2.05, 4.69) is 13.8 Å². The largest absolute Gasteiger partial charge is 0.491 e. The van der Waals surface area contributed by atoms with Crippen LogP contribution in [0.15, 0.2) is 24.3 Å². The van der Waals surface area contributed by atoms with Crippen molar-refractivity contribution in [2.45, 2.75) is 19.8 Å². The van der Waals surface area contributed by atoms with Crippen molar-refractivity contribution in [2.75, 3.05) is 25.6 Å². The van der Waals surface area contributed by atoms with Crippen molar-refractivity contribution < 1.29 is 17.9 Å². The van der Waals surface area contributed by atoms with Gasteiger partial charge in [0.1, 0.15) is 12.4 Å². The van der Waals surface area contributed by atoms with Crippen molar-refractivity contribution in [3.05, 3.63) is 29.8 Å². The van der Waals surface area contributed by atoms with Gasteiger partial charge in [-0.2, -0.15) is 0 Å². The topological polar surface area (TPSA) is 78.6 Å². The molecule has 0 aliphatic heterocycles. The van der Waals surface area contributed by atoms with E-state index in [1.165, 1.54) is 0 Å². The van der Waals surface area contributed by atoms with Crippen molar-refractivity contribution in [1.82, 2.24) is 0 Å². The Labute approximate surface area is 114 Å². The van der Waals surface area contributed by atoms with Crippen LogP contribution in [0.25, 0.3) is 0 Å². The number of rotatable bonds is 8. The average Bonchev–Trinajstić information content (AvgIpc) is 2.32. The lowest BCUT2D eigenvalue weighted by Gasteiger charge is -2.13. The molecule has 0 aliphatic carbocycles. The maximum Gasteiger partial charge on any atom is 0.211 e. The van der Waals surface area contributed by atoms with Crippen LogP contribution in [0.4, 0.5) is 0 Å². The second-order valence-electron chi connectivity index (χ2n) is 4.52. The molecule has 0 fully saturated rings. The first-order chi connectivity index (χ1) is 8.90. The van der Waals surface area contributed by atoms with E-state index in [9.17, 15) is 8.42 Å². The van der Waals surface area contributed by atoms with Gasteiger partial charge >= 0.3 is 0 Å². The quantitative estimate of drug-likeness (QED) is 0.735. The molecule has 1 aromatic rings. The van der Waals surface area contributed by atoms with Gasteiger partial charge in [0.05, 0.1) is 19.0 Å². The molecule has 0 heterocycles. The summed E-state index contributed by atoms with van der Waals surface area (Å²) < 4.78 is 32.1. The van der Waals surface area contributed by atoms with Crippen molar-refractivity contribution in [3.63, 3.8) is 0 Å². The van der Waals surface area contributed by atoms with Crippen LogP contribution >= 0.6 is 0 Å². The molecule has 19 heavy (non-hydrogen) atoms. The number of ether oxygens (including phenoxy) is 2. The Morgan fingerprint density at radius 2 is 1.84 bits per heavy atom. The van der Waals surface area contributed by atoms with E-state index in [0.717, 1.165) is 11.3 Å². The second-order valence-corrected chi connectivity index (χ2v) is 6.25. The fourth-order valence-electron chi connectivity index (χ4n) is 1.58. The van der Waals surface area contributed by atoms with Crippen LogP contribution in [0.2, 0.25) is 0 Å². The van der Waals surface area contributed by atoms with Gasteiger partial charge in [0, 0.05) is 0 Å². The second kappa shape index (κ2) is 7.47. The molecule has 2 N–H and O–H groups in total. The zero-order chi connectivity index (χ0) is 14.3. The first-order valence-electron chi connectivity index (χ1n) is 6.20. The van der Waals surface area contributed by atoms with Crippen LogP contribution in [-0.2, 0) is 14.8 Å². The maximum atomic E-state index is 10.7. The zero-order valence-corrected chi connectivity index (χ0v) is 12.2. The van der Waals surface area contributed by atoms with E-state index in [4.69, 9.17) is 14.6 Å². The number of hydrogen-bond donors (Lipinski definition) is 1. The van der Waals surface area contributed by atoms with Gasteiger partial charge in [0.25, 0.3) is 0 Å². The van der Waals surface area contributed by atoms with Crippen LogP contribution in [0.3, 0.4) is 0 Å². The summed E-state index contributed by atoms with van der Waals surface area (Å²) >= 11 is 0. The summed E-state index contributed by atoms with van der Waals surface area (Å²) in [4.78, 5) is 0. The minimum atomic E-state index is -3.45. The molecule has 0 unspecified atom stereocenters. The highest BCUT2D eigenvalue weighted by molar-refractivity contribution is 7.89. The molecular formula is C13H21NO4S. The van der Waals surface area contributed by atoms with Gasteiger partial charge in [-0.3, -0.25) is 0 Å². The van der Waals surface area contributed by atoms with Gasteiger partial charge < -0.3 is 9.47 Å². The highest BCUT2D eigenvalue weighted by Gasteiger charge is 2.06. The third kappa shape index (κ3) is 6.56. The summed E-state index contributed by atoms with van der Waals surface area (Å²) in [6, 6.07) is 7.84. The molecule has 1 rings (SSSR count). The fourth-order valence-corrected chi connectivity index (χ4v) is 1.93. The summed E-state index contributed by atoms with van der Waals surface area (Å²) in [6.07, 6.45) is 0. The number of sulfonamides is 1. The number of nitrogens with two attached hydrogens (primary N) is 1. The van der Waals surface area contributed by atoms with E-state index >= 15 is 0 Å². The highest BCUT2D eigenvalue weighted by Crippen LogP contribution is 2.25. The van der Waals surface area contributed by atoms with E-state index < -0.39 is 10.0 Å². The predicted molar refractivity (Wildman–Crippen MR) is 74.8 cm³/mol. The molecule has 6 heteroatoms. The van der Waals surface area contributed by atoms with E-state index in [0.29, 0.717) is 19.1 Å². The Morgan fingerprint density at radius 1 is 1.16 bits per heavy atom.